The van der Waals surface area contributed by atoms with Gasteiger partial charge in [-0.2, -0.15) is 5.10 Å². The second kappa shape index (κ2) is 3.62. The zero-order chi connectivity index (χ0) is 10.8. The molecule has 0 unspecified atom stereocenters. The van der Waals surface area contributed by atoms with Gasteiger partial charge in [-0.05, 0) is 12.1 Å². The molecule has 0 saturated carbocycles. The summed E-state index contributed by atoms with van der Waals surface area (Å²) in [6, 6.07) is 9.48. The monoisotopic (exact) mass is 212 g/mol. The van der Waals surface area contributed by atoms with Crippen molar-refractivity contribution in [3.05, 3.63) is 42.9 Å². The first-order valence-electron chi connectivity index (χ1n) is 4.80. The van der Waals surface area contributed by atoms with E-state index < -0.39 is 0 Å². The molecule has 3 rings (SSSR count). The smallest absolute Gasteiger partial charge is 0.233 e. The number of rotatable bonds is 2. The fraction of sp³-hybridized carbons (Fsp3) is 0. The van der Waals surface area contributed by atoms with Crippen molar-refractivity contribution in [2.24, 2.45) is 0 Å². The highest BCUT2D eigenvalue weighted by Crippen LogP contribution is 2.24. The fourth-order valence-electron chi connectivity index (χ4n) is 1.42. The van der Waals surface area contributed by atoms with Crippen LogP contribution in [0, 0.1) is 0 Å². The number of fused-ring (bicyclic) bond motifs is 1. The minimum atomic E-state index is 0.505. The summed E-state index contributed by atoms with van der Waals surface area (Å²) >= 11 is 0. The van der Waals surface area contributed by atoms with Crippen LogP contribution in [0.5, 0.6) is 11.6 Å². The van der Waals surface area contributed by atoms with Crippen molar-refractivity contribution in [2.45, 2.75) is 0 Å². The van der Waals surface area contributed by atoms with E-state index in [4.69, 9.17) is 4.74 Å². The molecule has 0 aliphatic heterocycles. The van der Waals surface area contributed by atoms with Gasteiger partial charge in [-0.25, -0.2) is 9.97 Å². The van der Waals surface area contributed by atoms with Gasteiger partial charge in [0.1, 0.15) is 17.5 Å². The Hall–Kier alpha value is -2.43. The summed E-state index contributed by atoms with van der Waals surface area (Å²) in [5.74, 6) is 1.24. The third kappa shape index (κ3) is 1.48. The molecule has 0 saturated heterocycles. The predicted octanol–water partition coefficient (Wildman–Crippen LogP) is 2.15. The molecule has 2 aromatic heterocycles. The Morgan fingerprint density at radius 1 is 1.06 bits per heavy atom. The number of aromatic amines is 1. The van der Waals surface area contributed by atoms with E-state index in [1.54, 1.807) is 6.20 Å². The maximum Gasteiger partial charge on any atom is 0.233 e. The summed E-state index contributed by atoms with van der Waals surface area (Å²) in [5.41, 5.74) is 0.668. The Morgan fingerprint density at radius 2 is 1.94 bits per heavy atom. The Balaban J connectivity index is 2.04. The molecule has 1 aromatic carbocycles. The lowest BCUT2D eigenvalue weighted by molar-refractivity contribution is 0.468. The Kier molecular flexibility index (Phi) is 2.00. The molecule has 0 radical (unpaired) electrons. The average molecular weight is 212 g/mol. The van der Waals surface area contributed by atoms with Crippen LogP contribution in [0.15, 0.2) is 42.9 Å². The lowest BCUT2D eigenvalue weighted by Crippen LogP contribution is -1.89. The van der Waals surface area contributed by atoms with Crippen molar-refractivity contribution in [3.63, 3.8) is 0 Å². The van der Waals surface area contributed by atoms with Gasteiger partial charge in [0.2, 0.25) is 5.88 Å². The molecule has 5 heteroatoms. The summed E-state index contributed by atoms with van der Waals surface area (Å²) < 4.78 is 5.64. The van der Waals surface area contributed by atoms with Crippen LogP contribution in [0.3, 0.4) is 0 Å². The predicted molar refractivity (Wildman–Crippen MR) is 58.2 cm³/mol. The summed E-state index contributed by atoms with van der Waals surface area (Å²) in [6.07, 6.45) is 3.09. The molecule has 0 spiro atoms. The molecule has 3 aromatic rings. The van der Waals surface area contributed by atoms with Gasteiger partial charge in [-0.3, -0.25) is 5.10 Å². The van der Waals surface area contributed by atoms with Crippen molar-refractivity contribution in [2.75, 3.05) is 0 Å². The van der Waals surface area contributed by atoms with Gasteiger partial charge in [0.25, 0.3) is 0 Å². The lowest BCUT2D eigenvalue weighted by atomic mass is 10.3. The van der Waals surface area contributed by atoms with Crippen LogP contribution in [0.25, 0.3) is 11.0 Å². The molecular weight excluding hydrogens is 204 g/mol. The summed E-state index contributed by atoms with van der Waals surface area (Å²) in [5, 5.41) is 7.43. The molecule has 0 fully saturated rings. The minimum absolute atomic E-state index is 0.505. The molecular formula is C11H8N4O. The largest absolute Gasteiger partial charge is 0.438 e. The van der Waals surface area contributed by atoms with Crippen LogP contribution in [0.2, 0.25) is 0 Å². The van der Waals surface area contributed by atoms with E-state index in [1.807, 2.05) is 30.3 Å². The minimum Gasteiger partial charge on any atom is -0.438 e. The molecule has 0 atom stereocenters. The number of hydrogen-bond acceptors (Lipinski definition) is 4. The van der Waals surface area contributed by atoms with Crippen molar-refractivity contribution in [3.8, 4) is 11.6 Å². The number of ether oxygens (including phenoxy) is 1. The maximum absolute atomic E-state index is 5.64. The number of hydrogen-bond donors (Lipinski definition) is 1. The van der Waals surface area contributed by atoms with Gasteiger partial charge in [-0.1, -0.05) is 18.2 Å². The van der Waals surface area contributed by atoms with Crippen LogP contribution in [0.1, 0.15) is 0 Å². The first kappa shape index (κ1) is 8.84. The Bertz CT molecular complexity index is 605. The number of nitrogens with one attached hydrogen (secondary N) is 1. The molecule has 5 nitrogen and oxygen atoms in total. The maximum atomic E-state index is 5.64. The zero-order valence-corrected chi connectivity index (χ0v) is 8.29. The van der Waals surface area contributed by atoms with Crippen molar-refractivity contribution >= 4 is 11.0 Å². The number of benzene rings is 1. The molecule has 0 aliphatic carbocycles. The molecule has 78 valence electrons. The number of para-hydroxylation sites is 1. The normalized spacial score (nSPS) is 10.5. The molecule has 16 heavy (non-hydrogen) atoms. The topological polar surface area (TPSA) is 63.7 Å². The van der Waals surface area contributed by atoms with Gasteiger partial charge < -0.3 is 4.74 Å². The van der Waals surface area contributed by atoms with Crippen LogP contribution in [-0.4, -0.2) is 20.2 Å². The molecule has 1 N–H and O–H groups in total. The van der Waals surface area contributed by atoms with E-state index in [1.165, 1.54) is 6.33 Å². The number of H-pyrrole nitrogens is 1. The number of nitrogens with zero attached hydrogens (tertiary/aromatic N) is 3. The van der Waals surface area contributed by atoms with Crippen molar-refractivity contribution < 1.29 is 4.74 Å². The van der Waals surface area contributed by atoms with Crippen LogP contribution in [-0.2, 0) is 0 Å². The number of aromatic nitrogens is 4. The van der Waals surface area contributed by atoms with E-state index >= 15 is 0 Å². The standard InChI is InChI=1S/C11H8N4O/c1-2-4-8(5-3-1)16-11-9-6-14-15-10(9)12-7-13-11/h1-7H,(H,12,13,14,15). The van der Waals surface area contributed by atoms with Crippen LogP contribution >= 0.6 is 0 Å². The quantitative estimate of drug-likeness (QED) is 0.706. The summed E-state index contributed by atoms with van der Waals surface area (Å²) in [4.78, 5) is 8.12. The van der Waals surface area contributed by atoms with Gasteiger partial charge in [-0.15, -0.1) is 0 Å². The first-order valence-corrected chi connectivity index (χ1v) is 4.80. The van der Waals surface area contributed by atoms with E-state index in [0.717, 1.165) is 11.1 Å². The van der Waals surface area contributed by atoms with Crippen LogP contribution < -0.4 is 4.74 Å². The molecule has 0 bridgehead atoms. The SMILES string of the molecule is c1ccc(Oc2ncnc3[nH]ncc23)cc1. The van der Waals surface area contributed by atoms with E-state index in [2.05, 4.69) is 20.2 Å². The van der Waals surface area contributed by atoms with E-state index in [0.29, 0.717) is 11.5 Å². The Labute approximate surface area is 91.1 Å². The van der Waals surface area contributed by atoms with Gasteiger partial charge in [0, 0.05) is 0 Å². The zero-order valence-electron chi connectivity index (χ0n) is 8.29. The third-order valence-electron chi connectivity index (χ3n) is 2.17. The highest BCUT2D eigenvalue weighted by Gasteiger charge is 2.06. The second-order valence-corrected chi connectivity index (χ2v) is 3.23. The molecule has 2 heterocycles. The third-order valence-corrected chi connectivity index (χ3v) is 2.17. The van der Waals surface area contributed by atoms with Gasteiger partial charge in [0.15, 0.2) is 5.65 Å². The first-order chi connectivity index (χ1) is 7.93. The second-order valence-electron chi connectivity index (χ2n) is 3.23. The summed E-state index contributed by atoms with van der Waals surface area (Å²) in [7, 11) is 0. The fourth-order valence-corrected chi connectivity index (χ4v) is 1.42. The Morgan fingerprint density at radius 3 is 2.81 bits per heavy atom. The highest BCUT2D eigenvalue weighted by atomic mass is 16.5. The van der Waals surface area contributed by atoms with Gasteiger partial charge in [0.05, 0.1) is 6.20 Å². The van der Waals surface area contributed by atoms with Gasteiger partial charge >= 0.3 is 0 Å². The van der Waals surface area contributed by atoms with Crippen molar-refractivity contribution in [1.82, 2.24) is 20.2 Å². The van der Waals surface area contributed by atoms with E-state index in [9.17, 15) is 0 Å². The lowest BCUT2D eigenvalue weighted by Gasteiger charge is -2.03. The molecule has 0 amide bonds. The average Bonchev–Trinajstić information content (AvgIpc) is 2.80. The highest BCUT2D eigenvalue weighted by molar-refractivity contribution is 5.79. The van der Waals surface area contributed by atoms with E-state index in [-0.39, 0.29) is 0 Å². The summed E-state index contributed by atoms with van der Waals surface area (Å²) in [6.45, 7) is 0. The van der Waals surface area contributed by atoms with Crippen molar-refractivity contribution in [1.29, 1.82) is 0 Å². The van der Waals surface area contributed by atoms with Crippen LogP contribution in [0.4, 0.5) is 0 Å². The molecule has 0 aliphatic rings.